The molecule has 0 aliphatic rings. The van der Waals surface area contributed by atoms with Crippen LogP contribution < -0.4 is 5.32 Å². The molecule has 18 heavy (non-hydrogen) atoms. The molecule has 1 amide bonds. The van der Waals surface area contributed by atoms with Crippen LogP contribution in [-0.2, 0) is 11.3 Å². The van der Waals surface area contributed by atoms with Crippen molar-refractivity contribution in [2.24, 2.45) is 0 Å². The van der Waals surface area contributed by atoms with Gasteiger partial charge >= 0.3 is 0 Å². The Labute approximate surface area is 114 Å². The second-order valence-corrected chi connectivity index (χ2v) is 4.95. The molecule has 0 aliphatic heterocycles. The van der Waals surface area contributed by atoms with Gasteiger partial charge in [-0.1, -0.05) is 28.1 Å². The number of carbonyl (C=O) groups excluding carboxylic acids is 1. The molecular formula is C13H14BrN3O. The van der Waals surface area contributed by atoms with Gasteiger partial charge in [0.2, 0.25) is 5.91 Å². The van der Waals surface area contributed by atoms with E-state index in [1.807, 2.05) is 31.2 Å². The fourth-order valence-electron chi connectivity index (χ4n) is 1.62. The van der Waals surface area contributed by atoms with Gasteiger partial charge in [-0.25, -0.2) is 4.98 Å². The Balaban J connectivity index is 1.92. The van der Waals surface area contributed by atoms with E-state index in [1.54, 1.807) is 23.3 Å². The van der Waals surface area contributed by atoms with E-state index in [2.05, 4.69) is 26.2 Å². The maximum Gasteiger partial charge on any atom is 0.243 e. The summed E-state index contributed by atoms with van der Waals surface area (Å²) in [5.41, 5.74) is 1.07. The van der Waals surface area contributed by atoms with Gasteiger partial charge in [0, 0.05) is 23.4 Å². The minimum Gasteiger partial charge on any atom is -0.350 e. The first-order valence-electron chi connectivity index (χ1n) is 5.66. The van der Waals surface area contributed by atoms with Crippen molar-refractivity contribution in [2.45, 2.75) is 19.5 Å². The van der Waals surface area contributed by atoms with Crippen molar-refractivity contribution in [2.75, 3.05) is 0 Å². The zero-order chi connectivity index (χ0) is 13.0. The average Bonchev–Trinajstić information content (AvgIpc) is 2.89. The summed E-state index contributed by atoms with van der Waals surface area (Å²) in [5, 5.41) is 2.91. The molecule has 2 rings (SSSR count). The first kappa shape index (κ1) is 12.8. The molecule has 1 unspecified atom stereocenters. The van der Waals surface area contributed by atoms with Gasteiger partial charge in [-0.2, -0.15) is 0 Å². The van der Waals surface area contributed by atoms with Crippen LogP contribution in [0.15, 0.2) is 47.5 Å². The van der Waals surface area contributed by atoms with Gasteiger partial charge in [0.1, 0.15) is 6.04 Å². The summed E-state index contributed by atoms with van der Waals surface area (Å²) in [6.07, 6.45) is 5.09. The summed E-state index contributed by atoms with van der Waals surface area (Å²) >= 11 is 3.40. The molecule has 0 radical (unpaired) electrons. The molecule has 1 N–H and O–H groups in total. The highest BCUT2D eigenvalue weighted by Crippen LogP contribution is 2.12. The van der Waals surface area contributed by atoms with Crippen molar-refractivity contribution in [1.29, 1.82) is 0 Å². The molecular weight excluding hydrogens is 294 g/mol. The summed E-state index contributed by atoms with van der Waals surface area (Å²) in [7, 11) is 0. The number of hydrogen-bond acceptors (Lipinski definition) is 2. The molecule has 0 fully saturated rings. The molecule has 94 valence electrons. The van der Waals surface area contributed by atoms with Gasteiger partial charge in [-0.15, -0.1) is 0 Å². The predicted molar refractivity (Wildman–Crippen MR) is 72.9 cm³/mol. The average molecular weight is 308 g/mol. The minimum absolute atomic E-state index is 0.0204. The van der Waals surface area contributed by atoms with E-state index in [4.69, 9.17) is 0 Å². The molecule has 2 aromatic rings. The van der Waals surface area contributed by atoms with Crippen molar-refractivity contribution in [1.82, 2.24) is 14.9 Å². The number of carbonyl (C=O) groups is 1. The van der Waals surface area contributed by atoms with E-state index in [0.717, 1.165) is 10.0 Å². The van der Waals surface area contributed by atoms with Gasteiger partial charge in [0.15, 0.2) is 0 Å². The molecule has 1 aromatic heterocycles. The number of hydrogen-bond donors (Lipinski definition) is 1. The molecule has 1 atom stereocenters. The van der Waals surface area contributed by atoms with Crippen molar-refractivity contribution in [3.05, 3.63) is 53.0 Å². The summed E-state index contributed by atoms with van der Waals surface area (Å²) in [5.74, 6) is -0.0204. The first-order valence-corrected chi connectivity index (χ1v) is 6.45. The van der Waals surface area contributed by atoms with Crippen LogP contribution in [0.5, 0.6) is 0 Å². The second kappa shape index (κ2) is 5.82. The number of amides is 1. The van der Waals surface area contributed by atoms with E-state index >= 15 is 0 Å². The normalized spacial score (nSPS) is 12.1. The number of nitrogens with zero attached hydrogens (tertiary/aromatic N) is 2. The van der Waals surface area contributed by atoms with Crippen molar-refractivity contribution < 1.29 is 4.79 Å². The maximum atomic E-state index is 11.9. The second-order valence-electron chi connectivity index (χ2n) is 4.03. The Morgan fingerprint density at radius 2 is 2.39 bits per heavy atom. The highest BCUT2D eigenvalue weighted by atomic mass is 79.9. The first-order chi connectivity index (χ1) is 8.66. The molecule has 0 aliphatic carbocycles. The Morgan fingerprint density at radius 3 is 3.06 bits per heavy atom. The maximum absolute atomic E-state index is 11.9. The molecule has 4 nitrogen and oxygen atoms in total. The smallest absolute Gasteiger partial charge is 0.243 e. The van der Waals surface area contributed by atoms with E-state index < -0.39 is 0 Å². The predicted octanol–water partition coefficient (Wildman–Crippen LogP) is 2.52. The number of benzene rings is 1. The van der Waals surface area contributed by atoms with Crippen LogP contribution in [-0.4, -0.2) is 15.5 Å². The van der Waals surface area contributed by atoms with Crippen LogP contribution in [0.25, 0.3) is 0 Å². The lowest BCUT2D eigenvalue weighted by Gasteiger charge is -2.13. The van der Waals surface area contributed by atoms with Crippen LogP contribution in [0.4, 0.5) is 0 Å². The number of rotatable bonds is 4. The van der Waals surface area contributed by atoms with Crippen molar-refractivity contribution >= 4 is 21.8 Å². The fraction of sp³-hybridized carbons (Fsp3) is 0.231. The van der Waals surface area contributed by atoms with E-state index in [9.17, 15) is 4.79 Å². The molecule has 1 aromatic carbocycles. The molecule has 5 heteroatoms. The lowest BCUT2D eigenvalue weighted by molar-refractivity contribution is -0.124. The van der Waals surface area contributed by atoms with Gasteiger partial charge in [0.05, 0.1) is 6.33 Å². The van der Waals surface area contributed by atoms with Crippen LogP contribution >= 0.6 is 15.9 Å². The standard InChI is InChI=1S/C13H14BrN3O/c1-10(17-6-5-15-9-17)13(18)16-8-11-3-2-4-12(14)7-11/h2-7,9-10H,8H2,1H3,(H,16,18). The Morgan fingerprint density at radius 1 is 1.56 bits per heavy atom. The van der Waals surface area contributed by atoms with Crippen LogP contribution in [0, 0.1) is 0 Å². The van der Waals surface area contributed by atoms with E-state index in [0.29, 0.717) is 6.54 Å². The fourth-order valence-corrected chi connectivity index (χ4v) is 2.06. The third-order valence-corrected chi connectivity index (χ3v) is 3.20. The minimum atomic E-state index is -0.250. The lowest BCUT2D eigenvalue weighted by Crippen LogP contribution is -2.30. The third-order valence-electron chi connectivity index (χ3n) is 2.71. The SMILES string of the molecule is CC(C(=O)NCc1cccc(Br)c1)n1ccnc1. The monoisotopic (exact) mass is 307 g/mol. The van der Waals surface area contributed by atoms with Crippen LogP contribution in [0.2, 0.25) is 0 Å². The summed E-state index contributed by atoms with van der Waals surface area (Å²) in [4.78, 5) is 15.9. The summed E-state index contributed by atoms with van der Waals surface area (Å²) < 4.78 is 2.79. The largest absolute Gasteiger partial charge is 0.350 e. The molecule has 0 saturated heterocycles. The third kappa shape index (κ3) is 3.20. The quantitative estimate of drug-likeness (QED) is 0.943. The summed E-state index contributed by atoms with van der Waals surface area (Å²) in [6, 6.07) is 7.62. The number of halogens is 1. The topological polar surface area (TPSA) is 46.9 Å². The number of nitrogens with one attached hydrogen (secondary N) is 1. The lowest BCUT2D eigenvalue weighted by atomic mass is 10.2. The Bertz CT molecular complexity index is 525. The van der Waals surface area contributed by atoms with Gasteiger partial charge in [-0.3, -0.25) is 4.79 Å². The van der Waals surface area contributed by atoms with Crippen molar-refractivity contribution in [3.63, 3.8) is 0 Å². The number of imidazole rings is 1. The Kier molecular flexibility index (Phi) is 4.15. The molecule has 0 bridgehead atoms. The van der Waals surface area contributed by atoms with Crippen LogP contribution in [0.3, 0.4) is 0 Å². The number of aromatic nitrogens is 2. The van der Waals surface area contributed by atoms with Crippen LogP contribution in [0.1, 0.15) is 18.5 Å². The van der Waals surface area contributed by atoms with Gasteiger partial charge in [0.25, 0.3) is 0 Å². The van der Waals surface area contributed by atoms with Gasteiger partial charge in [-0.05, 0) is 24.6 Å². The highest BCUT2D eigenvalue weighted by Gasteiger charge is 2.13. The van der Waals surface area contributed by atoms with E-state index in [1.165, 1.54) is 0 Å². The zero-order valence-corrected chi connectivity index (χ0v) is 11.6. The Hall–Kier alpha value is -1.62. The highest BCUT2D eigenvalue weighted by molar-refractivity contribution is 9.10. The molecule has 0 spiro atoms. The van der Waals surface area contributed by atoms with Gasteiger partial charge < -0.3 is 9.88 Å². The molecule has 0 saturated carbocycles. The van der Waals surface area contributed by atoms with E-state index in [-0.39, 0.29) is 11.9 Å². The zero-order valence-electron chi connectivity index (χ0n) is 10.0. The molecule has 1 heterocycles. The van der Waals surface area contributed by atoms with Crippen molar-refractivity contribution in [3.8, 4) is 0 Å². The summed E-state index contributed by atoms with van der Waals surface area (Å²) in [6.45, 7) is 2.37.